The van der Waals surface area contributed by atoms with E-state index in [1.54, 1.807) is 0 Å². The van der Waals surface area contributed by atoms with E-state index in [0.717, 1.165) is 34.6 Å². The van der Waals surface area contributed by atoms with Crippen LogP contribution in [0.3, 0.4) is 0 Å². The summed E-state index contributed by atoms with van der Waals surface area (Å²) in [6.07, 6.45) is -26.3. The highest BCUT2D eigenvalue weighted by Gasteiger charge is 2.58. The second kappa shape index (κ2) is 16.5. The lowest BCUT2D eigenvalue weighted by atomic mass is 9.90. The van der Waals surface area contributed by atoms with Crippen LogP contribution in [0, 0.1) is 5.41 Å². The zero-order valence-electron chi connectivity index (χ0n) is 24.1. The molecule has 0 radical (unpaired) electrons. The molecule has 0 aromatic carbocycles. The van der Waals surface area contributed by atoms with Crippen molar-refractivity contribution in [1.29, 1.82) is 0 Å². The Balaban J connectivity index is 5.71. The van der Waals surface area contributed by atoms with Crippen molar-refractivity contribution in [3.05, 3.63) is 0 Å². The maximum absolute atomic E-state index is 14.3. The molecule has 0 aromatic heterocycles. The van der Waals surface area contributed by atoms with Crippen molar-refractivity contribution in [3.8, 4) is 0 Å². The van der Waals surface area contributed by atoms with Gasteiger partial charge in [-0.3, -0.25) is 5.32 Å². The van der Waals surface area contributed by atoms with Crippen LogP contribution in [0.4, 0.5) is 65.9 Å². The molecule has 5 unspecified atom stereocenters. The Labute approximate surface area is 243 Å². The second-order valence-corrected chi connectivity index (χ2v) is 10.6. The van der Waals surface area contributed by atoms with E-state index < -0.39 is 112 Å². The third kappa shape index (κ3) is 15.3. The molecule has 5 atom stereocenters. The van der Waals surface area contributed by atoms with E-state index in [4.69, 9.17) is 14.2 Å². The molecule has 21 heteroatoms. The molecule has 0 spiro atoms. The lowest BCUT2D eigenvalue weighted by Crippen LogP contribution is -2.56. The van der Waals surface area contributed by atoms with Gasteiger partial charge in [0.2, 0.25) is 6.04 Å². The molecule has 0 aliphatic rings. The monoisotopic (exact) mass is 687 g/mol. The Kier molecular flexibility index (Phi) is 16.0. The van der Waals surface area contributed by atoms with E-state index in [1.807, 2.05) is 10.6 Å². The minimum Gasteiger partial charge on any atom is -0.379 e. The molecule has 3 N–H and O–H groups in total. The van der Waals surface area contributed by atoms with Gasteiger partial charge in [0.15, 0.2) is 0 Å². The summed E-state index contributed by atoms with van der Waals surface area (Å²) in [5.74, 6) is 0. The van der Waals surface area contributed by atoms with Gasteiger partial charge in [-0.2, -0.15) is 65.9 Å². The molecule has 0 heterocycles. The van der Waals surface area contributed by atoms with Crippen molar-refractivity contribution >= 4 is 0 Å². The predicted molar refractivity (Wildman–Crippen MR) is 126 cm³/mol. The van der Waals surface area contributed by atoms with Crippen LogP contribution >= 0.6 is 0 Å². The molecule has 0 aliphatic carbocycles. The SMILES string of the molecule is CC(COCC(COCC(C)NC(C)C(F)(F)F)(COCC(C)NC(C(F)(F)F)C(F)(F)F)C(F)(F)F)NC(C)C(F)(F)F. The average Bonchev–Trinajstić information content (AvgIpc) is 2.78. The highest BCUT2D eigenvalue weighted by molar-refractivity contribution is 4.89. The van der Waals surface area contributed by atoms with Crippen molar-refractivity contribution in [2.24, 2.45) is 5.41 Å². The maximum atomic E-state index is 14.3. The molecule has 0 saturated carbocycles. The zero-order chi connectivity index (χ0) is 34.9. The van der Waals surface area contributed by atoms with Gasteiger partial charge in [0, 0.05) is 18.1 Å². The Bertz CT molecular complexity index is 768. The molecule has 0 saturated heterocycles. The molecule has 266 valence electrons. The van der Waals surface area contributed by atoms with Gasteiger partial charge in [0.1, 0.15) is 17.5 Å². The summed E-state index contributed by atoms with van der Waals surface area (Å²) in [5.41, 5.74) is -3.19. The first-order valence-electron chi connectivity index (χ1n) is 12.9. The Morgan fingerprint density at radius 2 is 0.705 bits per heavy atom. The third-order valence-corrected chi connectivity index (χ3v) is 6.00. The summed E-state index contributed by atoms with van der Waals surface area (Å²) in [4.78, 5) is 0. The molecule has 0 rings (SSSR count). The third-order valence-electron chi connectivity index (χ3n) is 6.00. The smallest absolute Gasteiger partial charge is 0.379 e. The normalized spacial score (nSPS) is 19.0. The van der Waals surface area contributed by atoms with E-state index in [1.165, 1.54) is 5.32 Å². The number of rotatable bonds is 18. The van der Waals surface area contributed by atoms with Gasteiger partial charge in [0.05, 0.1) is 39.6 Å². The Morgan fingerprint density at radius 1 is 0.432 bits per heavy atom. The standard InChI is InChI=1S/C23H36F15N3O3/c1-12(39-15(4)19(24,25)26)6-42-9-18(23(36,37)38,10-43-7-13(2)40-16(5)20(27,28)29)11-44-8-14(3)41-17(21(30,31)32)22(33,34)35/h12-17,39-41H,6-11H2,1-5H3. The summed E-state index contributed by atoms with van der Waals surface area (Å²) in [6.45, 7) is -2.18. The Morgan fingerprint density at radius 3 is 0.932 bits per heavy atom. The molecule has 6 nitrogen and oxygen atoms in total. The zero-order valence-corrected chi connectivity index (χ0v) is 24.1. The van der Waals surface area contributed by atoms with E-state index in [-0.39, 0.29) is 0 Å². The van der Waals surface area contributed by atoms with Gasteiger partial charge < -0.3 is 24.8 Å². The number of halogens is 15. The number of hydrogen-bond donors (Lipinski definition) is 3. The van der Waals surface area contributed by atoms with Crippen LogP contribution < -0.4 is 16.0 Å². The molecule has 0 aliphatic heterocycles. The second-order valence-electron chi connectivity index (χ2n) is 10.6. The highest BCUT2D eigenvalue weighted by Crippen LogP contribution is 2.40. The first-order valence-corrected chi connectivity index (χ1v) is 12.9. The van der Waals surface area contributed by atoms with E-state index >= 15 is 0 Å². The van der Waals surface area contributed by atoms with Crippen LogP contribution in [0.2, 0.25) is 0 Å². The van der Waals surface area contributed by atoms with Crippen molar-refractivity contribution in [1.82, 2.24) is 16.0 Å². The highest BCUT2D eigenvalue weighted by atomic mass is 19.4. The number of alkyl halides is 15. The minimum absolute atomic E-state index is 0.726. The van der Waals surface area contributed by atoms with Gasteiger partial charge in [-0.05, 0) is 34.6 Å². The van der Waals surface area contributed by atoms with Crippen LogP contribution in [0.5, 0.6) is 0 Å². The molecular formula is C23H36F15N3O3. The van der Waals surface area contributed by atoms with Crippen LogP contribution in [0.15, 0.2) is 0 Å². The Hall–Kier alpha value is -1.29. The van der Waals surface area contributed by atoms with Gasteiger partial charge in [-0.1, -0.05) is 0 Å². The quantitative estimate of drug-likeness (QED) is 0.156. The number of ether oxygens (including phenoxy) is 3. The van der Waals surface area contributed by atoms with E-state index in [9.17, 15) is 65.9 Å². The largest absolute Gasteiger partial charge is 0.412 e. The molecule has 0 bridgehead atoms. The maximum Gasteiger partial charge on any atom is 0.412 e. The summed E-state index contributed by atoms with van der Waals surface area (Å²) < 4.78 is 211. The number of nitrogens with one attached hydrogen (secondary N) is 3. The average molecular weight is 688 g/mol. The van der Waals surface area contributed by atoms with Gasteiger partial charge >= 0.3 is 30.9 Å². The minimum atomic E-state index is -5.80. The fourth-order valence-electron chi connectivity index (χ4n) is 3.51. The van der Waals surface area contributed by atoms with Crippen LogP contribution in [-0.4, -0.2) is 107 Å². The van der Waals surface area contributed by atoms with Crippen molar-refractivity contribution in [2.45, 2.75) is 102 Å². The summed E-state index contributed by atoms with van der Waals surface area (Å²) in [7, 11) is 0. The van der Waals surface area contributed by atoms with Crippen LogP contribution in [0.1, 0.15) is 34.6 Å². The molecule has 0 amide bonds. The van der Waals surface area contributed by atoms with Crippen molar-refractivity contribution in [3.63, 3.8) is 0 Å². The fraction of sp³-hybridized carbons (Fsp3) is 1.00. The molecule has 44 heavy (non-hydrogen) atoms. The van der Waals surface area contributed by atoms with Gasteiger partial charge in [-0.25, -0.2) is 0 Å². The van der Waals surface area contributed by atoms with E-state index in [0.29, 0.717) is 0 Å². The first kappa shape index (κ1) is 42.7. The summed E-state index contributed by atoms with van der Waals surface area (Å²) >= 11 is 0. The lowest BCUT2D eigenvalue weighted by Gasteiger charge is -2.36. The summed E-state index contributed by atoms with van der Waals surface area (Å²) in [6, 6.07) is -12.3. The number of hydrogen-bond acceptors (Lipinski definition) is 6. The van der Waals surface area contributed by atoms with Gasteiger partial charge in [-0.15, -0.1) is 0 Å². The van der Waals surface area contributed by atoms with E-state index in [2.05, 4.69) is 0 Å². The summed E-state index contributed by atoms with van der Waals surface area (Å²) in [5, 5.41) is 5.28. The molecule has 0 aromatic rings. The van der Waals surface area contributed by atoms with Crippen LogP contribution in [0.25, 0.3) is 0 Å². The first-order chi connectivity index (χ1) is 19.5. The van der Waals surface area contributed by atoms with Gasteiger partial charge in [0.25, 0.3) is 0 Å². The molecular weight excluding hydrogens is 651 g/mol. The predicted octanol–water partition coefficient (Wildman–Crippen LogP) is 5.91. The molecule has 0 fully saturated rings. The van der Waals surface area contributed by atoms with Crippen LogP contribution in [-0.2, 0) is 14.2 Å². The lowest BCUT2D eigenvalue weighted by molar-refractivity contribution is -0.273. The van der Waals surface area contributed by atoms with Crippen molar-refractivity contribution in [2.75, 3.05) is 39.6 Å². The van der Waals surface area contributed by atoms with Crippen molar-refractivity contribution < 1.29 is 80.1 Å². The topological polar surface area (TPSA) is 63.8 Å². The fourth-order valence-corrected chi connectivity index (χ4v) is 3.51.